The van der Waals surface area contributed by atoms with E-state index in [1.165, 1.54) is 5.56 Å². The molecule has 2 N–H and O–H groups in total. The zero-order valence-corrected chi connectivity index (χ0v) is 11.4. The normalized spacial score (nSPS) is 12.1. The molecule has 0 fully saturated rings. The number of hydrogen-bond acceptors (Lipinski definition) is 2. The van der Waals surface area contributed by atoms with Gasteiger partial charge < -0.3 is 10.5 Å². The van der Waals surface area contributed by atoms with E-state index in [2.05, 4.69) is 25.1 Å². The third-order valence-electron chi connectivity index (χ3n) is 3.21. The second kappa shape index (κ2) is 6.95. The summed E-state index contributed by atoms with van der Waals surface area (Å²) in [4.78, 5) is 0. The van der Waals surface area contributed by atoms with Crippen LogP contribution >= 0.6 is 0 Å². The lowest BCUT2D eigenvalue weighted by Crippen LogP contribution is -2.20. The van der Waals surface area contributed by atoms with Crippen LogP contribution in [0.2, 0.25) is 0 Å². The first-order chi connectivity index (χ1) is 9.35. The minimum absolute atomic E-state index is 0.190. The fourth-order valence-electron chi connectivity index (χ4n) is 2.14. The lowest BCUT2D eigenvalue weighted by molar-refractivity contribution is 0.190. The Hall–Kier alpha value is -1.80. The molecule has 1 atom stereocenters. The second-order valence-corrected chi connectivity index (χ2v) is 4.59. The van der Waals surface area contributed by atoms with Crippen LogP contribution < -0.4 is 10.5 Å². The SMILES string of the molecule is CCC(CCN)Oc1ccccc1-c1ccccc1. The quantitative estimate of drug-likeness (QED) is 0.850. The molecule has 0 saturated heterocycles. The fraction of sp³-hybridized carbons (Fsp3) is 0.294. The van der Waals surface area contributed by atoms with E-state index in [1.54, 1.807) is 0 Å². The molecule has 2 heteroatoms. The Bertz CT molecular complexity index is 496. The maximum atomic E-state index is 6.11. The van der Waals surface area contributed by atoms with Crippen LogP contribution in [0.1, 0.15) is 19.8 Å². The maximum absolute atomic E-state index is 6.11. The molecule has 0 saturated carbocycles. The largest absolute Gasteiger partial charge is 0.490 e. The predicted molar refractivity (Wildman–Crippen MR) is 80.3 cm³/mol. The smallest absolute Gasteiger partial charge is 0.127 e. The Morgan fingerprint density at radius 1 is 1.00 bits per heavy atom. The van der Waals surface area contributed by atoms with Gasteiger partial charge in [0.25, 0.3) is 0 Å². The topological polar surface area (TPSA) is 35.2 Å². The summed E-state index contributed by atoms with van der Waals surface area (Å²) in [6.45, 7) is 2.79. The highest BCUT2D eigenvalue weighted by Crippen LogP contribution is 2.30. The van der Waals surface area contributed by atoms with Gasteiger partial charge in [-0.05, 0) is 31.0 Å². The zero-order valence-electron chi connectivity index (χ0n) is 11.4. The van der Waals surface area contributed by atoms with Crippen LogP contribution in [0.5, 0.6) is 5.75 Å². The van der Waals surface area contributed by atoms with Gasteiger partial charge in [0.1, 0.15) is 5.75 Å². The van der Waals surface area contributed by atoms with Gasteiger partial charge in [-0.2, -0.15) is 0 Å². The van der Waals surface area contributed by atoms with Crippen molar-refractivity contribution in [1.29, 1.82) is 0 Å². The average Bonchev–Trinajstić information content (AvgIpc) is 2.48. The van der Waals surface area contributed by atoms with E-state index in [0.29, 0.717) is 6.54 Å². The van der Waals surface area contributed by atoms with E-state index in [1.807, 2.05) is 36.4 Å². The summed E-state index contributed by atoms with van der Waals surface area (Å²) in [6.07, 6.45) is 2.05. The van der Waals surface area contributed by atoms with Gasteiger partial charge in [-0.3, -0.25) is 0 Å². The van der Waals surface area contributed by atoms with Crippen molar-refractivity contribution in [3.63, 3.8) is 0 Å². The number of ether oxygens (including phenoxy) is 1. The van der Waals surface area contributed by atoms with Crippen LogP contribution in [0, 0.1) is 0 Å². The number of nitrogens with two attached hydrogens (primary N) is 1. The molecule has 2 aromatic carbocycles. The fourth-order valence-corrected chi connectivity index (χ4v) is 2.14. The highest BCUT2D eigenvalue weighted by Gasteiger charge is 2.11. The predicted octanol–water partition coefficient (Wildman–Crippen LogP) is 3.86. The van der Waals surface area contributed by atoms with Crippen molar-refractivity contribution in [3.05, 3.63) is 54.6 Å². The summed E-state index contributed by atoms with van der Waals surface area (Å²) in [5.74, 6) is 0.939. The van der Waals surface area contributed by atoms with Crippen molar-refractivity contribution in [1.82, 2.24) is 0 Å². The second-order valence-electron chi connectivity index (χ2n) is 4.59. The highest BCUT2D eigenvalue weighted by molar-refractivity contribution is 5.70. The molecule has 1 unspecified atom stereocenters. The minimum atomic E-state index is 0.190. The molecule has 0 aromatic heterocycles. The molecule has 2 rings (SSSR count). The van der Waals surface area contributed by atoms with Gasteiger partial charge in [-0.25, -0.2) is 0 Å². The molecule has 0 aliphatic carbocycles. The van der Waals surface area contributed by atoms with Crippen molar-refractivity contribution in [2.75, 3.05) is 6.54 Å². The summed E-state index contributed by atoms with van der Waals surface area (Å²) < 4.78 is 6.11. The molecule has 0 aliphatic heterocycles. The Kier molecular flexibility index (Phi) is 4.99. The van der Waals surface area contributed by atoms with E-state index in [4.69, 9.17) is 10.5 Å². The number of para-hydroxylation sites is 1. The van der Waals surface area contributed by atoms with Crippen LogP contribution in [0.25, 0.3) is 11.1 Å². The van der Waals surface area contributed by atoms with Gasteiger partial charge in [0.15, 0.2) is 0 Å². The molecule has 2 nitrogen and oxygen atoms in total. The summed E-state index contributed by atoms with van der Waals surface area (Å²) in [7, 11) is 0. The first-order valence-corrected chi connectivity index (χ1v) is 6.86. The number of hydrogen-bond donors (Lipinski definition) is 1. The standard InChI is InChI=1S/C17H21NO/c1-2-15(12-13-18)19-17-11-7-6-10-16(17)14-8-4-3-5-9-14/h3-11,15H,2,12-13,18H2,1H3. The molecule has 0 radical (unpaired) electrons. The summed E-state index contributed by atoms with van der Waals surface area (Å²) in [5, 5.41) is 0. The first kappa shape index (κ1) is 13.6. The third kappa shape index (κ3) is 3.58. The first-order valence-electron chi connectivity index (χ1n) is 6.86. The summed E-state index contributed by atoms with van der Waals surface area (Å²) in [6, 6.07) is 18.5. The van der Waals surface area contributed by atoms with E-state index in [0.717, 1.165) is 24.2 Å². The molecule has 0 spiro atoms. The van der Waals surface area contributed by atoms with E-state index in [9.17, 15) is 0 Å². The maximum Gasteiger partial charge on any atom is 0.127 e. The highest BCUT2D eigenvalue weighted by atomic mass is 16.5. The molecular weight excluding hydrogens is 234 g/mol. The summed E-state index contributed by atoms with van der Waals surface area (Å²) in [5.41, 5.74) is 7.95. The van der Waals surface area contributed by atoms with Gasteiger partial charge >= 0.3 is 0 Å². The molecule has 0 amide bonds. The molecule has 0 aliphatic rings. The molecule has 19 heavy (non-hydrogen) atoms. The molecular formula is C17H21NO. The van der Waals surface area contributed by atoms with Crippen molar-refractivity contribution >= 4 is 0 Å². The molecule has 0 heterocycles. The van der Waals surface area contributed by atoms with Gasteiger partial charge in [0.05, 0.1) is 6.10 Å². The average molecular weight is 255 g/mol. The van der Waals surface area contributed by atoms with Crippen molar-refractivity contribution < 1.29 is 4.74 Å². The Morgan fingerprint density at radius 3 is 2.37 bits per heavy atom. The zero-order chi connectivity index (χ0) is 13.5. The van der Waals surface area contributed by atoms with Crippen LogP contribution in [-0.2, 0) is 0 Å². The van der Waals surface area contributed by atoms with Crippen molar-refractivity contribution in [3.8, 4) is 16.9 Å². The molecule has 100 valence electrons. The van der Waals surface area contributed by atoms with Crippen LogP contribution in [0.15, 0.2) is 54.6 Å². The Morgan fingerprint density at radius 2 is 1.68 bits per heavy atom. The van der Waals surface area contributed by atoms with E-state index < -0.39 is 0 Å². The molecule has 0 bridgehead atoms. The monoisotopic (exact) mass is 255 g/mol. The van der Waals surface area contributed by atoms with Gasteiger partial charge in [0, 0.05) is 5.56 Å². The van der Waals surface area contributed by atoms with Gasteiger partial charge in [-0.15, -0.1) is 0 Å². The summed E-state index contributed by atoms with van der Waals surface area (Å²) >= 11 is 0. The van der Waals surface area contributed by atoms with Crippen molar-refractivity contribution in [2.45, 2.75) is 25.9 Å². The Labute approximate surface area is 115 Å². The molecule has 2 aromatic rings. The van der Waals surface area contributed by atoms with Crippen LogP contribution in [0.4, 0.5) is 0 Å². The van der Waals surface area contributed by atoms with Gasteiger partial charge in [0.2, 0.25) is 0 Å². The number of benzene rings is 2. The Balaban J connectivity index is 2.26. The number of rotatable bonds is 6. The van der Waals surface area contributed by atoms with E-state index >= 15 is 0 Å². The minimum Gasteiger partial charge on any atom is -0.490 e. The lowest BCUT2D eigenvalue weighted by atomic mass is 10.0. The van der Waals surface area contributed by atoms with Gasteiger partial charge in [-0.1, -0.05) is 55.5 Å². The lowest BCUT2D eigenvalue weighted by Gasteiger charge is -2.19. The van der Waals surface area contributed by atoms with E-state index in [-0.39, 0.29) is 6.10 Å². The third-order valence-corrected chi connectivity index (χ3v) is 3.21. The van der Waals surface area contributed by atoms with Crippen LogP contribution in [-0.4, -0.2) is 12.6 Å². The van der Waals surface area contributed by atoms with Crippen LogP contribution in [0.3, 0.4) is 0 Å². The van der Waals surface area contributed by atoms with Crippen molar-refractivity contribution in [2.24, 2.45) is 5.73 Å².